The van der Waals surface area contributed by atoms with E-state index in [4.69, 9.17) is 27.9 Å². The fourth-order valence-electron chi connectivity index (χ4n) is 1.76. The molecule has 0 spiro atoms. The summed E-state index contributed by atoms with van der Waals surface area (Å²) in [6.45, 7) is 1.48. The van der Waals surface area contributed by atoms with Crippen molar-refractivity contribution >= 4 is 40.5 Å². The van der Waals surface area contributed by atoms with Crippen LogP contribution in [0.15, 0.2) is 36.4 Å². The number of rotatable bonds is 5. The quantitative estimate of drug-likeness (QED) is 0.620. The third-order valence-electron chi connectivity index (χ3n) is 2.99. The van der Waals surface area contributed by atoms with Crippen LogP contribution in [0.25, 0.3) is 0 Å². The average Bonchev–Trinajstić information content (AvgIpc) is 2.52. The number of nitrogens with one attached hydrogen (secondary N) is 1. The third kappa shape index (κ3) is 4.33. The number of amides is 1. The van der Waals surface area contributed by atoms with E-state index in [9.17, 15) is 19.3 Å². The number of ether oxygens (including phenoxy) is 1. The van der Waals surface area contributed by atoms with Crippen LogP contribution in [-0.2, 0) is 4.79 Å². The van der Waals surface area contributed by atoms with E-state index in [1.165, 1.54) is 31.2 Å². The van der Waals surface area contributed by atoms with Gasteiger partial charge in [-0.15, -0.1) is 0 Å². The highest BCUT2D eigenvalue weighted by molar-refractivity contribution is 6.34. The molecule has 0 radical (unpaired) electrons. The third-order valence-corrected chi connectivity index (χ3v) is 3.60. The van der Waals surface area contributed by atoms with Crippen LogP contribution in [0.5, 0.6) is 5.75 Å². The molecular weight excluding hydrogens is 362 g/mol. The van der Waals surface area contributed by atoms with Crippen LogP contribution in [-0.4, -0.2) is 16.9 Å². The van der Waals surface area contributed by atoms with Gasteiger partial charge in [-0.3, -0.25) is 14.9 Å². The largest absolute Gasteiger partial charge is 0.481 e. The SMILES string of the molecule is CC(Oc1ccc(F)c(Cl)c1)C(=O)Nc1ccc([N+](=O)[O-])cc1Cl. The van der Waals surface area contributed by atoms with Crippen LogP contribution in [0, 0.1) is 15.9 Å². The van der Waals surface area contributed by atoms with Crippen molar-refractivity contribution in [1.82, 2.24) is 0 Å². The van der Waals surface area contributed by atoms with Crippen molar-refractivity contribution in [2.75, 3.05) is 5.32 Å². The van der Waals surface area contributed by atoms with E-state index in [-0.39, 0.29) is 27.2 Å². The maximum atomic E-state index is 13.1. The summed E-state index contributed by atoms with van der Waals surface area (Å²) >= 11 is 11.5. The van der Waals surface area contributed by atoms with Gasteiger partial charge < -0.3 is 10.1 Å². The van der Waals surface area contributed by atoms with Gasteiger partial charge in [-0.25, -0.2) is 4.39 Å². The summed E-state index contributed by atoms with van der Waals surface area (Å²) in [6, 6.07) is 7.37. The summed E-state index contributed by atoms with van der Waals surface area (Å²) in [5, 5.41) is 13.0. The first kappa shape index (κ1) is 18.0. The Morgan fingerprint density at radius 2 is 1.96 bits per heavy atom. The van der Waals surface area contributed by atoms with Gasteiger partial charge >= 0.3 is 0 Å². The molecule has 1 atom stereocenters. The van der Waals surface area contributed by atoms with Crippen molar-refractivity contribution in [3.05, 3.63) is 62.4 Å². The van der Waals surface area contributed by atoms with E-state index in [1.807, 2.05) is 0 Å². The summed E-state index contributed by atoms with van der Waals surface area (Å²) < 4.78 is 18.5. The summed E-state index contributed by atoms with van der Waals surface area (Å²) in [5.41, 5.74) is 0.0168. The molecule has 0 aromatic heterocycles. The van der Waals surface area contributed by atoms with Crippen LogP contribution in [0.1, 0.15) is 6.92 Å². The van der Waals surface area contributed by atoms with E-state index in [0.717, 1.165) is 12.1 Å². The van der Waals surface area contributed by atoms with Crippen molar-refractivity contribution in [1.29, 1.82) is 0 Å². The first-order valence-corrected chi connectivity index (χ1v) is 7.40. The van der Waals surface area contributed by atoms with Gasteiger partial charge in [-0.2, -0.15) is 0 Å². The molecule has 0 bridgehead atoms. The Bertz CT molecular complexity index is 801. The van der Waals surface area contributed by atoms with Crippen LogP contribution >= 0.6 is 23.2 Å². The number of nitro groups is 1. The second kappa shape index (κ2) is 7.46. The molecule has 0 heterocycles. The molecule has 0 aliphatic carbocycles. The molecule has 0 saturated heterocycles. The molecule has 0 aliphatic rings. The molecule has 0 fully saturated rings. The Balaban J connectivity index is 2.06. The zero-order valence-electron chi connectivity index (χ0n) is 12.3. The fraction of sp³-hybridized carbons (Fsp3) is 0.133. The number of hydrogen-bond donors (Lipinski definition) is 1. The van der Waals surface area contributed by atoms with Crippen LogP contribution in [0.3, 0.4) is 0 Å². The molecule has 6 nitrogen and oxygen atoms in total. The number of hydrogen-bond acceptors (Lipinski definition) is 4. The summed E-state index contributed by atoms with van der Waals surface area (Å²) in [5.74, 6) is -0.913. The lowest BCUT2D eigenvalue weighted by Gasteiger charge is -2.15. The number of nitro benzene ring substituents is 1. The summed E-state index contributed by atoms with van der Waals surface area (Å²) in [4.78, 5) is 22.2. The number of anilines is 1. The highest BCUT2D eigenvalue weighted by Gasteiger charge is 2.18. The average molecular weight is 373 g/mol. The zero-order chi connectivity index (χ0) is 17.9. The van der Waals surface area contributed by atoms with E-state index in [2.05, 4.69) is 5.32 Å². The molecule has 1 amide bonds. The second-order valence-electron chi connectivity index (χ2n) is 4.75. The molecule has 2 aromatic rings. The Morgan fingerprint density at radius 1 is 1.25 bits per heavy atom. The monoisotopic (exact) mass is 372 g/mol. The van der Waals surface area contributed by atoms with Gasteiger partial charge in [0.15, 0.2) is 6.10 Å². The van der Waals surface area contributed by atoms with E-state index in [1.54, 1.807) is 0 Å². The number of benzene rings is 2. The van der Waals surface area contributed by atoms with E-state index in [0.29, 0.717) is 0 Å². The molecule has 126 valence electrons. The van der Waals surface area contributed by atoms with Crippen LogP contribution in [0.2, 0.25) is 10.0 Å². The van der Waals surface area contributed by atoms with Crippen LogP contribution in [0.4, 0.5) is 15.8 Å². The smallest absolute Gasteiger partial charge is 0.271 e. The molecule has 24 heavy (non-hydrogen) atoms. The summed E-state index contributed by atoms with van der Waals surface area (Å²) in [6.07, 6.45) is -0.933. The van der Waals surface area contributed by atoms with Crippen molar-refractivity contribution in [3.8, 4) is 5.75 Å². The highest BCUT2D eigenvalue weighted by atomic mass is 35.5. The van der Waals surface area contributed by atoms with E-state index >= 15 is 0 Å². The van der Waals surface area contributed by atoms with E-state index < -0.39 is 22.8 Å². The Morgan fingerprint density at radius 3 is 2.54 bits per heavy atom. The standard InChI is InChI=1S/C15H11Cl2FN2O4/c1-8(24-10-3-4-13(18)11(16)7-10)15(21)19-14-5-2-9(20(22)23)6-12(14)17/h2-8H,1H3,(H,19,21). The number of non-ortho nitro benzene ring substituents is 1. The first-order chi connectivity index (χ1) is 11.3. The van der Waals surface area contributed by atoms with Gasteiger partial charge in [-0.1, -0.05) is 23.2 Å². The van der Waals surface area contributed by atoms with Gasteiger partial charge in [0.1, 0.15) is 11.6 Å². The molecule has 1 unspecified atom stereocenters. The van der Waals surface area contributed by atoms with Crippen molar-refractivity contribution in [2.45, 2.75) is 13.0 Å². The van der Waals surface area contributed by atoms with Crippen molar-refractivity contribution in [2.24, 2.45) is 0 Å². The Hall–Kier alpha value is -2.38. The molecular formula is C15H11Cl2FN2O4. The van der Waals surface area contributed by atoms with Gasteiger partial charge in [0.2, 0.25) is 0 Å². The van der Waals surface area contributed by atoms with Gasteiger partial charge in [0.25, 0.3) is 11.6 Å². The lowest BCUT2D eigenvalue weighted by atomic mass is 10.2. The molecule has 2 rings (SSSR count). The molecule has 1 N–H and O–H groups in total. The predicted octanol–water partition coefficient (Wildman–Crippen LogP) is 4.45. The van der Waals surface area contributed by atoms with Crippen LogP contribution < -0.4 is 10.1 Å². The Labute approximate surface area is 146 Å². The summed E-state index contributed by atoms with van der Waals surface area (Å²) in [7, 11) is 0. The van der Waals surface area contributed by atoms with Gasteiger partial charge in [0, 0.05) is 18.2 Å². The minimum Gasteiger partial charge on any atom is -0.481 e. The molecule has 0 aliphatic heterocycles. The lowest BCUT2D eigenvalue weighted by molar-refractivity contribution is -0.384. The normalized spacial score (nSPS) is 11.7. The lowest BCUT2D eigenvalue weighted by Crippen LogP contribution is -2.30. The van der Waals surface area contributed by atoms with Gasteiger partial charge in [0.05, 0.1) is 20.7 Å². The number of carbonyl (C=O) groups is 1. The van der Waals surface area contributed by atoms with Gasteiger partial charge in [-0.05, 0) is 25.1 Å². The number of nitrogens with zero attached hydrogens (tertiary/aromatic N) is 1. The predicted molar refractivity (Wildman–Crippen MR) is 88.2 cm³/mol. The maximum absolute atomic E-state index is 13.1. The van der Waals surface area contributed by atoms with Crippen molar-refractivity contribution in [3.63, 3.8) is 0 Å². The second-order valence-corrected chi connectivity index (χ2v) is 5.56. The minimum absolute atomic E-state index is 0.0228. The molecule has 0 saturated carbocycles. The molecule has 9 heteroatoms. The van der Waals surface area contributed by atoms with Crippen molar-refractivity contribution < 1.29 is 18.8 Å². The number of carbonyl (C=O) groups excluding carboxylic acids is 1. The molecule has 2 aromatic carbocycles. The first-order valence-electron chi connectivity index (χ1n) is 6.64. The minimum atomic E-state index is -0.933. The topological polar surface area (TPSA) is 81.5 Å². The highest BCUT2D eigenvalue weighted by Crippen LogP contribution is 2.27. The number of halogens is 3. The zero-order valence-corrected chi connectivity index (χ0v) is 13.8. The maximum Gasteiger partial charge on any atom is 0.271 e. The fourth-order valence-corrected chi connectivity index (χ4v) is 2.15. The Kier molecular flexibility index (Phi) is 5.58.